The van der Waals surface area contributed by atoms with Crippen LogP contribution in [0.4, 0.5) is 0 Å². The fourth-order valence-electron chi connectivity index (χ4n) is 7.37. The quantitative estimate of drug-likeness (QED) is 0.0230. The maximum absolute atomic E-state index is 14.2. The van der Waals surface area contributed by atoms with Gasteiger partial charge in [-0.1, -0.05) is 18.2 Å². The van der Waals surface area contributed by atoms with Crippen LogP contribution in [0.15, 0.2) is 35.5 Å². The van der Waals surface area contributed by atoms with Gasteiger partial charge in [0.2, 0.25) is 41.4 Å². The molecule has 1 aromatic heterocycles. The molecule has 0 unspecified atom stereocenters. The summed E-state index contributed by atoms with van der Waals surface area (Å²) in [4.78, 5) is 114. The highest BCUT2D eigenvalue weighted by molar-refractivity contribution is 5.97. The van der Waals surface area contributed by atoms with Crippen molar-refractivity contribution in [2.45, 2.75) is 120 Å². The van der Waals surface area contributed by atoms with Crippen molar-refractivity contribution >= 4 is 64.2 Å². The smallest absolute Gasteiger partial charge is 0.326 e. The van der Waals surface area contributed by atoms with Gasteiger partial charge in [-0.05, 0) is 102 Å². The van der Waals surface area contributed by atoms with E-state index in [0.29, 0.717) is 63.6 Å². The number of guanidine groups is 1. The number of para-hydroxylation sites is 1. The molecule has 1 saturated heterocycles. The molecule has 0 aliphatic carbocycles. The van der Waals surface area contributed by atoms with Gasteiger partial charge in [-0.2, -0.15) is 0 Å². The van der Waals surface area contributed by atoms with E-state index in [0.717, 1.165) is 10.9 Å². The number of aliphatic carboxylic acids is 1. The SMILES string of the molecule is C[C@H](NC(=O)[C@@H]1CCCCN1C(=O)CNC(=O)[C@H](CCCN=C(N)N)NC(=O)CN)C(=O)N[C@@H](Cc1c[nH]c2ccccc12)C(=O)N[C@@H](CCCCN)C(=O)N[C@@H](CCCCN)C(=O)O. The molecule has 0 radical (unpaired) electrons. The molecule has 65 heavy (non-hydrogen) atoms. The largest absolute Gasteiger partial charge is 0.480 e. The Morgan fingerprint density at radius 3 is 2.05 bits per heavy atom. The molecule has 0 bridgehead atoms. The minimum Gasteiger partial charge on any atom is -0.480 e. The van der Waals surface area contributed by atoms with Crippen molar-refractivity contribution in [2.75, 3.05) is 39.3 Å². The molecule has 0 saturated carbocycles. The highest BCUT2D eigenvalue weighted by atomic mass is 16.4. The molecule has 2 heterocycles. The average molecular weight is 913 g/mol. The van der Waals surface area contributed by atoms with Crippen LogP contribution in [0, 0.1) is 0 Å². The lowest BCUT2D eigenvalue weighted by atomic mass is 10.0. The first kappa shape index (κ1) is 53.0. The Morgan fingerprint density at radius 1 is 0.769 bits per heavy atom. The molecular formula is C42H68N14O9. The van der Waals surface area contributed by atoms with Crippen LogP contribution in [0.3, 0.4) is 0 Å². The van der Waals surface area contributed by atoms with E-state index in [1.54, 1.807) is 6.20 Å². The second-order valence-corrected chi connectivity index (χ2v) is 16.0. The molecule has 23 heteroatoms. The Kier molecular flexibility index (Phi) is 22.6. The Bertz CT molecular complexity index is 1960. The van der Waals surface area contributed by atoms with Crippen LogP contribution in [-0.4, -0.2) is 144 Å². The number of aromatic nitrogens is 1. The van der Waals surface area contributed by atoms with Crippen molar-refractivity contribution < 1.29 is 43.5 Å². The highest BCUT2D eigenvalue weighted by Gasteiger charge is 2.35. The number of rotatable bonds is 28. The maximum Gasteiger partial charge on any atom is 0.326 e. The summed E-state index contributed by atoms with van der Waals surface area (Å²) in [5.41, 5.74) is 28.9. The van der Waals surface area contributed by atoms with E-state index in [9.17, 15) is 43.5 Å². The monoisotopic (exact) mass is 913 g/mol. The van der Waals surface area contributed by atoms with Crippen molar-refractivity contribution in [1.29, 1.82) is 0 Å². The van der Waals surface area contributed by atoms with E-state index in [1.165, 1.54) is 11.8 Å². The van der Waals surface area contributed by atoms with Gasteiger partial charge in [-0.15, -0.1) is 0 Å². The number of carbonyl (C=O) groups excluding carboxylic acids is 7. The number of likely N-dealkylation sites (tertiary alicyclic amines) is 1. The summed E-state index contributed by atoms with van der Waals surface area (Å²) in [5, 5.41) is 26.3. The van der Waals surface area contributed by atoms with Crippen LogP contribution in [0.5, 0.6) is 0 Å². The number of piperidine rings is 1. The van der Waals surface area contributed by atoms with E-state index in [-0.39, 0.29) is 57.7 Å². The van der Waals surface area contributed by atoms with Crippen molar-refractivity contribution in [1.82, 2.24) is 41.8 Å². The molecule has 3 rings (SSSR count). The van der Waals surface area contributed by atoms with Gasteiger partial charge < -0.3 is 75.6 Å². The molecule has 0 spiro atoms. The van der Waals surface area contributed by atoms with E-state index in [1.807, 2.05) is 24.3 Å². The van der Waals surface area contributed by atoms with Crippen molar-refractivity contribution in [3.8, 4) is 0 Å². The lowest BCUT2D eigenvalue weighted by molar-refractivity contribution is -0.143. The molecule has 1 aliphatic rings. The zero-order chi connectivity index (χ0) is 47.9. The van der Waals surface area contributed by atoms with Gasteiger partial charge in [0.1, 0.15) is 36.3 Å². The Hall–Kier alpha value is -6.33. The standard InChI is InChI=1S/C42H68N14O9/c1-25(51-40(63)33-16-6-9-20-56(33)35(58)24-50-37(60)29(52-34(57)22-45)15-10-19-48-42(46)47)36(59)55-32(21-26-23-49-28-12-3-2-11-27(26)28)39(62)53-30(13-4-7-17-43)38(61)54-31(41(64)65)14-5-8-18-44/h2-3,11-12,23,25,29-33,49H,4-10,13-22,24,43-45H2,1H3,(H,50,60)(H,51,63)(H,52,57)(H,53,62)(H,54,61)(H,55,59)(H,64,65)(H4,46,47,48)/t25-,29-,30-,31-,32-,33-/m0/s1. The van der Waals surface area contributed by atoms with Crippen LogP contribution in [-0.2, 0) is 44.8 Å². The predicted molar refractivity (Wildman–Crippen MR) is 242 cm³/mol. The second-order valence-electron chi connectivity index (χ2n) is 16.0. The number of carbonyl (C=O) groups is 8. The number of fused-ring (bicyclic) bond motifs is 1. The van der Waals surface area contributed by atoms with E-state index in [4.69, 9.17) is 28.7 Å². The maximum atomic E-state index is 14.2. The number of carboxylic acids is 1. The van der Waals surface area contributed by atoms with Crippen LogP contribution in [0.2, 0.25) is 0 Å². The number of benzene rings is 1. The molecule has 18 N–H and O–H groups in total. The van der Waals surface area contributed by atoms with Gasteiger partial charge in [0.25, 0.3) is 0 Å². The summed E-state index contributed by atoms with van der Waals surface area (Å²) in [7, 11) is 0. The lowest BCUT2D eigenvalue weighted by Crippen LogP contribution is -2.60. The zero-order valence-electron chi connectivity index (χ0n) is 37.1. The van der Waals surface area contributed by atoms with Crippen LogP contribution >= 0.6 is 0 Å². The third-order valence-electron chi connectivity index (χ3n) is 10.9. The predicted octanol–water partition coefficient (Wildman–Crippen LogP) is -2.99. The van der Waals surface area contributed by atoms with Gasteiger partial charge in [-0.25, -0.2) is 4.79 Å². The number of unbranched alkanes of at least 4 members (excludes halogenated alkanes) is 2. The van der Waals surface area contributed by atoms with Crippen molar-refractivity contribution in [3.05, 3.63) is 36.0 Å². The number of nitrogens with zero attached hydrogens (tertiary/aromatic N) is 2. The van der Waals surface area contributed by atoms with E-state index in [2.05, 4.69) is 41.9 Å². The Morgan fingerprint density at radius 2 is 1.38 bits per heavy atom. The number of aromatic amines is 1. The van der Waals surface area contributed by atoms with Crippen LogP contribution in [0.1, 0.15) is 83.1 Å². The zero-order valence-corrected chi connectivity index (χ0v) is 37.1. The number of hydrogen-bond acceptors (Lipinski definition) is 12. The summed E-state index contributed by atoms with van der Waals surface area (Å²) in [6, 6.07) is 0.461. The average Bonchev–Trinajstić information content (AvgIpc) is 3.70. The first-order valence-corrected chi connectivity index (χ1v) is 22.1. The highest BCUT2D eigenvalue weighted by Crippen LogP contribution is 2.20. The minimum atomic E-state index is -1.27. The van der Waals surface area contributed by atoms with Gasteiger partial charge in [0.05, 0.1) is 13.1 Å². The number of H-pyrrole nitrogens is 1. The molecule has 6 atom stereocenters. The van der Waals surface area contributed by atoms with E-state index < -0.39 is 90.1 Å². The summed E-state index contributed by atoms with van der Waals surface area (Å²) in [6.45, 7) is 1.66. The fourth-order valence-corrected chi connectivity index (χ4v) is 7.37. The fraction of sp³-hybridized carbons (Fsp3) is 0.595. The first-order chi connectivity index (χ1) is 31.1. The molecule has 2 aromatic rings. The first-order valence-electron chi connectivity index (χ1n) is 22.1. The topological polar surface area (TPSA) is 390 Å². The Labute approximate surface area is 377 Å². The number of nitrogens with two attached hydrogens (primary N) is 5. The van der Waals surface area contributed by atoms with Gasteiger partial charge >= 0.3 is 5.97 Å². The third kappa shape index (κ3) is 17.6. The molecule has 360 valence electrons. The van der Waals surface area contributed by atoms with Gasteiger partial charge in [-0.3, -0.25) is 38.6 Å². The molecule has 1 aromatic carbocycles. The number of aliphatic imine (C=N–C) groups is 1. The lowest BCUT2D eigenvalue weighted by Gasteiger charge is -2.35. The number of hydrogen-bond donors (Lipinski definition) is 13. The van der Waals surface area contributed by atoms with E-state index >= 15 is 0 Å². The summed E-state index contributed by atoms with van der Waals surface area (Å²) < 4.78 is 0. The Balaban J connectivity index is 1.75. The molecule has 7 amide bonds. The molecular weight excluding hydrogens is 845 g/mol. The normalized spacial score (nSPS) is 15.9. The molecule has 23 nitrogen and oxygen atoms in total. The summed E-state index contributed by atoms with van der Waals surface area (Å²) >= 11 is 0. The van der Waals surface area contributed by atoms with Gasteiger partial charge in [0, 0.05) is 36.6 Å². The summed E-state index contributed by atoms with van der Waals surface area (Å²) in [5.74, 6) is -5.96. The van der Waals surface area contributed by atoms with Gasteiger partial charge in [0.15, 0.2) is 5.96 Å². The minimum absolute atomic E-state index is 0.0279. The summed E-state index contributed by atoms with van der Waals surface area (Å²) in [6.07, 6.45) is 5.87. The third-order valence-corrected chi connectivity index (χ3v) is 10.9. The van der Waals surface area contributed by atoms with Crippen LogP contribution in [0.25, 0.3) is 10.9 Å². The molecule has 1 aliphatic heterocycles. The van der Waals surface area contributed by atoms with Crippen molar-refractivity contribution in [3.63, 3.8) is 0 Å². The second kappa shape index (κ2) is 27.8. The van der Waals surface area contributed by atoms with Crippen molar-refractivity contribution in [2.24, 2.45) is 33.7 Å². The van der Waals surface area contributed by atoms with Crippen LogP contribution < -0.4 is 60.6 Å². The number of carboxylic acid groups (broad SMARTS) is 1. The number of nitrogens with one attached hydrogen (secondary N) is 7. The number of amides is 7. The molecule has 1 fully saturated rings.